The third-order valence-corrected chi connectivity index (χ3v) is 7.97. The number of aromatic amines is 1. The van der Waals surface area contributed by atoms with E-state index in [9.17, 15) is 35.9 Å². The zero-order valence-corrected chi connectivity index (χ0v) is 31.1. The average molecular weight is 959 g/mol. The lowest BCUT2D eigenvalue weighted by molar-refractivity contribution is -0.147. The second-order valence-electron chi connectivity index (χ2n) is 9.86. The second kappa shape index (κ2) is 16.3. The Morgan fingerprint density at radius 2 is 1.27 bits per heavy atom. The van der Waals surface area contributed by atoms with E-state index in [1.165, 1.54) is 6.92 Å². The Morgan fingerprint density at radius 3 is 1.71 bits per heavy atom. The fraction of sp³-hybridized carbons (Fsp3) is 0.310. The number of alkyl halides is 7. The van der Waals surface area contributed by atoms with Crippen molar-refractivity contribution in [1.82, 2.24) is 19.5 Å². The monoisotopic (exact) mass is 955 g/mol. The van der Waals surface area contributed by atoms with Crippen molar-refractivity contribution in [2.45, 2.75) is 59.3 Å². The number of aryl methyl sites for hydroxylation is 4. The van der Waals surface area contributed by atoms with Gasteiger partial charge in [-0.2, -0.15) is 26.3 Å². The lowest BCUT2D eigenvalue weighted by atomic mass is 10.2. The molecule has 0 aliphatic rings. The molecular weight excluding hydrogens is 934 g/mol. The minimum atomic E-state index is -4.65. The predicted octanol–water partition coefficient (Wildman–Crippen LogP) is 6.76. The summed E-state index contributed by atoms with van der Waals surface area (Å²) in [4.78, 5) is 30.9. The molecule has 0 aliphatic carbocycles. The highest BCUT2D eigenvalue weighted by molar-refractivity contribution is 9.11. The van der Waals surface area contributed by atoms with Gasteiger partial charge in [0.2, 0.25) is 11.6 Å². The highest BCUT2D eigenvalue weighted by Crippen LogP contribution is 2.35. The largest absolute Gasteiger partial charge is 1.00 e. The maximum atomic E-state index is 13.3. The van der Waals surface area contributed by atoms with Crippen LogP contribution in [-0.4, -0.2) is 19.5 Å². The van der Waals surface area contributed by atoms with Crippen molar-refractivity contribution in [3.05, 3.63) is 100 Å². The van der Waals surface area contributed by atoms with Crippen LogP contribution in [0.2, 0.25) is 0 Å². The van der Waals surface area contributed by atoms with Crippen LogP contribution in [0.4, 0.5) is 26.3 Å². The first-order chi connectivity index (χ1) is 21.8. The molecule has 0 radical (unpaired) electrons. The Kier molecular flexibility index (Phi) is 14.0. The van der Waals surface area contributed by atoms with E-state index in [1.54, 1.807) is 45.0 Å². The number of hydrogen-bond acceptors (Lipinski definition) is 8. The van der Waals surface area contributed by atoms with Gasteiger partial charge in [0.1, 0.15) is 22.6 Å². The van der Waals surface area contributed by atoms with Gasteiger partial charge in [-0.05, 0) is 94.9 Å². The lowest BCUT2D eigenvalue weighted by Gasteiger charge is -2.10. The van der Waals surface area contributed by atoms with Crippen LogP contribution in [0.5, 0.6) is 0 Å². The van der Waals surface area contributed by atoms with Crippen LogP contribution in [0.3, 0.4) is 0 Å². The maximum absolute atomic E-state index is 13.3. The molecule has 0 atom stereocenters. The van der Waals surface area contributed by atoms with Gasteiger partial charge >= 0.3 is 24.0 Å². The van der Waals surface area contributed by atoms with E-state index in [0.29, 0.717) is 36.8 Å². The normalized spacial score (nSPS) is 11.4. The predicted molar refractivity (Wildman–Crippen MR) is 173 cm³/mol. The summed E-state index contributed by atoms with van der Waals surface area (Å²) in [6.07, 6.45) is -9.09. The fourth-order valence-electron chi connectivity index (χ4n) is 4.19. The molecule has 6 rings (SSSR count). The molecule has 6 aromatic rings. The molecule has 4 aromatic heterocycles. The van der Waals surface area contributed by atoms with Gasteiger partial charge in [-0.15, -0.1) is 0 Å². The van der Waals surface area contributed by atoms with E-state index in [4.69, 9.17) is 8.83 Å². The van der Waals surface area contributed by atoms with Crippen LogP contribution in [0, 0.1) is 27.7 Å². The molecule has 4 heterocycles. The Hall–Kier alpha value is -3.10. The quantitative estimate of drug-likeness (QED) is 0.152. The number of imidazole rings is 2. The van der Waals surface area contributed by atoms with Crippen LogP contribution in [0.25, 0.3) is 22.1 Å². The third-order valence-electron chi connectivity index (χ3n) is 6.25. The first kappa shape index (κ1) is 42.1. The van der Waals surface area contributed by atoms with Crippen molar-refractivity contribution in [2.75, 3.05) is 0 Å². The molecule has 0 spiro atoms. The van der Waals surface area contributed by atoms with Crippen molar-refractivity contribution in [3.63, 3.8) is 0 Å². The van der Waals surface area contributed by atoms with E-state index < -0.39 is 35.6 Å². The summed E-state index contributed by atoms with van der Waals surface area (Å²) in [5, 5.41) is 0.518. The highest BCUT2D eigenvalue weighted by Gasteiger charge is 2.38. The van der Waals surface area contributed by atoms with E-state index in [1.807, 2.05) is 0 Å². The zero-order chi connectivity index (χ0) is 35.0. The van der Waals surface area contributed by atoms with Crippen LogP contribution in [0.1, 0.15) is 53.2 Å². The summed E-state index contributed by atoms with van der Waals surface area (Å²) in [7, 11) is 0. The molecule has 20 heteroatoms. The summed E-state index contributed by atoms with van der Waals surface area (Å²) in [5.41, 5.74) is 2.79. The van der Waals surface area contributed by atoms with Crippen LogP contribution >= 0.6 is 47.8 Å². The van der Waals surface area contributed by atoms with Crippen LogP contribution in [0.15, 0.2) is 60.5 Å². The van der Waals surface area contributed by atoms with E-state index in [-0.39, 0.29) is 53.5 Å². The van der Waals surface area contributed by atoms with Gasteiger partial charge in [-0.3, -0.25) is 0 Å². The van der Waals surface area contributed by atoms with E-state index in [0.717, 1.165) is 15.7 Å². The van der Waals surface area contributed by atoms with Gasteiger partial charge in [0, 0.05) is 8.95 Å². The van der Waals surface area contributed by atoms with Crippen molar-refractivity contribution in [3.8, 4) is 0 Å². The minimum absolute atomic E-state index is 0. The number of halogens is 10. The molecule has 0 fully saturated rings. The summed E-state index contributed by atoms with van der Waals surface area (Å²) < 4.78 is 97.6. The Morgan fingerprint density at radius 1 is 0.755 bits per heavy atom. The lowest BCUT2D eigenvalue weighted by Crippen LogP contribution is -3.00. The van der Waals surface area contributed by atoms with Crippen molar-refractivity contribution < 1.29 is 61.0 Å². The molecule has 10 nitrogen and oxygen atoms in total. The number of rotatable bonds is 3. The van der Waals surface area contributed by atoms with Gasteiger partial charge in [0.05, 0.1) is 22.9 Å². The molecule has 268 valence electrons. The van der Waals surface area contributed by atoms with Gasteiger partial charge in [-0.1, -0.05) is 23.4 Å². The maximum Gasteiger partial charge on any atom is 0.519 e. The summed E-state index contributed by atoms with van der Waals surface area (Å²) in [5.74, 6) is -2.37. The summed E-state index contributed by atoms with van der Waals surface area (Å²) >= 11 is 9.54. The molecule has 0 aliphatic heterocycles. The molecule has 0 amide bonds. The number of nitrogens with zero attached hydrogens (tertiary/aromatic N) is 3. The number of aromatic nitrogens is 4. The van der Waals surface area contributed by atoms with E-state index >= 15 is 0 Å². The zero-order valence-electron chi connectivity index (χ0n) is 24.8. The molecule has 0 saturated heterocycles. The van der Waals surface area contributed by atoms with Crippen molar-refractivity contribution >= 4 is 69.9 Å². The van der Waals surface area contributed by atoms with Crippen molar-refractivity contribution in [1.29, 1.82) is 0 Å². The number of H-pyrrole nitrogens is 1. The summed E-state index contributed by atoms with van der Waals surface area (Å²) in [6, 6.07) is 6.63. The highest BCUT2D eigenvalue weighted by atomic mass is 79.9. The number of fused-ring (bicyclic) bond motifs is 2. The van der Waals surface area contributed by atoms with Gasteiger partial charge in [0.15, 0.2) is 11.5 Å². The first-order valence-electron chi connectivity index (χ1n) is 13.0. The Bertz CT molecular complexity index is 2180. The Labute approximate surface area is 308 Å². The smallest absolute Gasteiger partial charge is 0.519 e. The minimum Gasteiger partial charge on any atom is -1.00 e. The van der Waals surface area contributed by atoms with Crippen LogP contribution < -0.4 is 28.6 Å². The summed E-state index contributed by atoms with van der Waals surface area (Å²) in [6.45, 7) is 6.39. The average Bonchev–Trinajstić information content (AvgIpc) is 3.69. The SMILES string of the molecule is C.Cc1cc(Br)c2nc(C(F)(F)F)[nH]c2c1.Cc1cc(Br)c2nc(C(F)(F)F)n(Cc3oc(=O)oc3C)c2c1.Cc1oc(=O)oc1CBr.[Br-]. The van der Waals surface area contributed by atoms with Gasteiger partial charge in [-0.25, -0.2) is 19.6 Å². The molecule has 0 bridgehead atoms. The molecule has 0 unspecified atom stereocenters. The topological polar surface area (TPSA) is 133 Å². The third kappa shape index (κ3) is 10.0. The Balaban J connectivity index is 0.000000276. The first-order valence-corrected chi connectivity index (χ1v) is 15.7. The molecule has 49 heavy (non-hydrogen) atoms. The van der Waals surface area contributed by atoms with Crippen LogP contribution in [-0.2, 0) is 24.2 Å². The molecule has 2 aromatic carbocycles. The number of nitrogens with one attached hydrogen (secondary N) is 1. The molecule has 0 saturated carbocycles. The van der Waals surface area contributed by atoms with Gasteiger partial charge < -0.3 is 44.2 Å². The fourth-order valence-corrected chi connectivity index (χ4v) is 6.02. The van der Waals surface area contributed by atoms with Crippen molar-refractivity contribution in [2.24, 2.45) is 0 Å². The molecule has 1 N–H and O–H groups in total. The number of hydrogen-bond donors (Lipinski definition) is 1. The second-order valence-corrected chi connectivity index (χ2v) is 12.1. The standard InChI is InChI=1S/C14H10BrF3N2O3.C9H6BrF3N2.C5H5BrO3.CH4.BrH/c1-6-3-8(15)11-9(4-6)20(12(19-11)14(16,17)18)5-10-7(2)22-13(21)23-10;1-4-2-5(10)7-6(3-4)14-8(15-7)9(11,12)13;1-3-4(2-6)9-5(7)8-3;;/h3-4H,5H2,1-2H3;2-3H,1H3,(H,14,15);2H2,1H3;1H4;1H/p-1. The molecular formula is C29H25Br4F6N4O6-. The number of benzene rings is 2. The van der Waals surface area contributed by atoms with Gasteiger partial charge in [0.25, 0.3) is 0 Å². The van der Waals surface area contributed by atoms with E-state index in [2.05, 4.69) is 71.6 Å².